The topological polar surface area (TPSA) is 44.8 Å². The highest BCUT2D eigenvalue weighted by atomic mass is 32.1. The summed E-state index contributed by atoms with van der Waals surface area (Å²) in [5.41, 5.74) is 0. The van der Waals surface area contributed by atoms with Crippen LogP contribution in [0.4, 0.5) is 0 Å². The van der Waals surface area contributed by atoms with Gasteiger partial charge in [-0.05, 0) is 18.5 Å². The highest BCUT2D eigenvalue weighted by Crippen LogP contribution is 2.19. The molecule has 0 spiro atoms. The van der Waals surface area contributed by atoms with E-state index in [0.717, 1.165) is 32.7 Å². The number of likely N-dealkylation sites (N-methyl/N-ethyl adjacent to an activating group) is 1. The van der Waals surface area contributed by atoms with Gasteiger partial charge in [-0.1, -0.05) is 6.07 Å². The molecule has 2 atom stereocenters. The third-order valence-electron chi connectivity index (χ3n) is 4.41. The molecule has 2 saturated heterocycles. The Morgan fingerprint density at radius 2 is 2.19 bits per heavy atom. The van der Waals surface area contributed by atoms with Crippen molar-refractivity contribution in [2.24, 2.45) is 5.92 Å². The Morgan fingerprint density at radius 3 is 2.86 bits per heavy atom. The maximum atomic E-state index is 12.6. The average Bonchev–Trinajstić information content (AvgIpc) is 3.18. The Hall–Kier alpha value is -0.950. The number of hydrogen-bond donors (Lipinski definition) is 1. The van der Waals surface area contributed by atoms with Crippen molar-refractivity contribution in [1.29, 1.82) is 0 Å². The predicted octanol–water partition coefficient (Wildman–Crippen LogP) is 0.627. The molecule has 1 N–H and O–H groups in total. The second-order valence-corrected chi connectivity index (χ2v) is 6.75. The molecular formula is C15H23N3O2S. The predicted molar refractivity (Wildman–Crippen MR) is 83.3 cm³/mol. The average molecular weight is 309 g/mol. The van der Waals surface area contributed by atoms with Crippen LogP contribution < -0.4 is 5.32 Å². The van der Waals surface area contributed by atoms with Crippen LogP contribution in [0.1, 0.15) is 4.88 Å². The summed E-state index contributed by atoms with van der Waals surface area (Å²) in [6.07, 6.45) is 0. The molecule has 0 saturated carbocycles. The molecule has 6 heteroatoms. The molecule has 0 aliphatic carbocycles. The molecule has 0 aromatic carbocycles. The molecule has 21 heavy (non-hydrogen) atoms. The second kappa shape index (κ2) is 6.87. The van der Waals surface area contributed by atoms with Crippen LogP contribution in [0.15, 0.2) is 17.5 Å². The summed E-state index contributed by atoms with van der Waals surface area (Å²) in [6.45, 7) is 5.79. The van der Waals surface area contributed by atoms with Gasteiger partial charge in [0.05, 0.1) is 19.1 Å². The Labute approximate surface area is 129 Å². The van der Waals surface area contributed by atoms with E-state index in [4.69, 9.17) is 4.74 Å². The zero-order valence-corrected chi connectivity index (χ0v) is 13.3. The Morgan fingerprint density at radius 1 is 1.38 bits per heavy atom. The van der Waals surface area contributed by atoms with Crippen LogP contribution in [0.5, 0.6) is 0 Å². The van der Waals surface area contributed by atoms with E-state index in [0.29, 0.717) is 13.2 Å². The van der Waals surface area contributed by atoms with Crippen molar-refractivity contribution in [2.75, 3.05) is 46.4 Å². The maximum Gasteiger partial charge on any atom is 0.229 e. The van der Waals surface area contributed by atoms with E-state index in [1.165, 1.54) is 4.88 Å². The van der Waals surface area contributed by atoms with Crippen molar-refractivity contribution in [1.82, 2.24) is 15.1 Å². The van der Waals surface area contributed by atoms with Crippen molar-refractivity contribution in [3.63, 3.8) is 0 Å². The lowest BCUT2D eigenvalue weighted by Gasteiger charge is -2.36. The van der Waals surface area contributed by atoms with Crippen LogP contribution >= 0.6 is 11.3 Å². The SMILES string of the molecule is CNC1COCC1C(=O)N1CCN(Cc2cccs2)CC1. The maximum absolute atomic E-state index is 12.6. The number of amides is 1. The highest BCUT2D eigenvalue weighted by molar-refractivity contribution is 7.09. The number of carbonyl (C=O) groups excluding carboxylic acids is 1. The third-order valence-corrected chi connectivity index (χ3v) is 5.27. The fourth-order valence-corrected chi connectivity index (χ4v) is 3.81. The molecule has 3 rings (SSSR count). The minimum absolute atomic E-state index is 0.0150. The summed E-state index contributed by atoms with van der Waals surface area (Å²) in [6, 6.07) is 4.44. The Bertz CT molecular complexity index is 457. The van der Waals surface area contributed by atoms with Crippen molar-refractivity contribution >= 4 is 17.2 Å². The van der Waals surface area contributed by atoms with Gasteiger partial charge in [-0.25, -0.2) is 0 Å². The van der Waals surface area contributed by atoms with Gasteiger partial charge in [-0.2, -0.15) is 0 Å². The minimum Gasteiger partial charge on any atom is -0.379 e. The second-order valence-electron chi connectivity index (χ2n) is 5.72. The zero-order valence-electron chi connectivity index (χ0n) is 12.5. The van der Waals surface area contributed by atoms with Crippen LogP contribution in [-0.2, 0) is 16.1 Å². The Kier molecular flexibility index (Phi) is 4.90. The summed E-state index contributed by atoms with van der Waals surface area (Å²) in [5.74, 6) is 0.237. The van der Waals surface area contributed by atoms with E-state index in [1.807, 2.05) is 11.9 Å². The molecular weight excluding hydrogens is 286 g/mol. The van der Waals surface area contributed by atoms with Gasteiger partial charge in [-0.15, -0.1) is 11.3 Å². The van der Waals surface area contributed by atoms with Crippen LogP contribution in [0, 0.1) is 5.92 Å². The molecule has 116 valence electrons. The molecule has 2 aliphatic rings. The zero-order chi connectivity index (χ0) is 14.7. The van der Waals surface area contributed by atoms with Gasteiger partial charge in [-0.3, -0.25) is 9.69 Å². The van der Waals surface area contributed by atoms with E-state index in [9.17, 15) is 4.79 Å². The third kappa shape index (κ3) is 3.45. The van der Waals surface area contributed by atoms with Crippen molar-refractivity contribution in [3.8, 4) is 0 Å². The van der Waals surface area contributed by atoms with Gasteiger partial charge >= 0.3 is 0 Å². The number of thiophene rings is 1. The quantitative estimate of drug-likeness (QED) is 0.886. The largest absolute Gasteiger partial charge is 0.379 e. The van der Waals surface area contributed by atoms with Gasteiger partial charge in [0.1, 0.15) is 0 Å². The first-order valence-corrected chi connectivity index (χ1v) is 8.44. The summed E-state index contributed by atoms with van der Waals surface area (Å²) in [5, 5.41) is 5.31. The molecule has 1 aromatic heterocycles. The van der Waals surface area contributed by atoms with Gasteiger partial charge in [0.15, 0.2) is 0 Å². The number of ether oxygens (including phenoxy) is 1. The number of nitrogens with one attached hydrogen (secondary N) is 1. The first-order chi connectivity index (χ1) is 10.3. The van der Waals surface area contributed by atoms with Gasteiger partial charge in [0, 0.05) is 43.6 Å². The van der Waals surface area contributed by atoms with Crippen LogP contribution in [0.2, 0.25) is 0 Å². The van der Waals surface area contributed by atoms with Gasteiger partial charge in [0.25, 0.3) is 0 Å². The lowest BCUT2D eigenvalue weighted by molar-refractivity contribution is -0.137. The fraction of sp³-hybridized carbons (Fsp3) is 0.667. The highest BCUT2D eigenvalue weighted by Gasteiger charge is 2.36. The van der Waals surface area contributed by atoms with Crippen LogP contribution in [0.25, 0.3) is 0 Å². The standard InChI is InChI=1S/C15H23N3O2S/c1-16-14-11-20-10-13(14)15(19)18-6-4-17(5-7-18)9-12-3-2-8-21-12/h2-3,8,13-14,16H,4-7,9-11H2,1H3. The van der Waals surface area contributed by atoms with E-state index in [1.54, 1.807) is 11.3 Å². The van der Waals surface area contributed by atoms with Crippen LogP contribution in [-0.4, -0.2) is 68.2 Å². The monoisotopic (exact) mass is 309 g/mol. The molecule has 2 fully saturated rings. The van der Waals surface area contributed by atoms with Crippen molar-refractivity contribution in [2.45, 2.75) is 12.6 Å². The van der Waals surface area contributed by atoms with E-state index < -0.39 is 0 Å². The van der Waals surface area contributed by atoms with Gasteiger partial charge in [0.2, 0.25) is 5.91 Å². The first kappa shape index (κ1) is 15.0. The molecule has 1 amide bonds. The molecule has 3 heterocycles. The smallest absolute Gasteiger partial charge is 0.229 e. The van der Waals surface area contributed by atoms with Crippen molar-refractivity contribution < 1.29 is 9.53 Å². The fourth-order valence-electron chi connectivity index (χ4n) is 3.07. The number of nitrogens with zero attached hydrogens (tertiary/aromatic N) is 2. The van der Waals surface area contributed by atoms with E-state index in [-0.39, 0.29) is 17.9 Å². The molecule has 5 nitrogen and oxygen atoms in total. The molecule has 2 unspecified atom stereocenters. The molecule has 1 aromatic rings. The lowest BCUT2D eigenvalue weighted by Crippen LogP contribution is -2.52. The lowest BCUT2D eigenvalue weighted by atomic mass is 10.0. The summed E-state index contributed by atoms with van der Waals surface area (Å²) in [4.78, 5) is 18.4. The number of piperazine rings is 1. The van der Waals surface area contributed by atoms with E-state index >= 15 is 0 Å². The molecule has 0 radical (unpaired) electrons. The van der Waals surface area contributed by atoms with Gasteiger partial charge < -0.3 is 15.0 Å². The Balaban J connectivity index is 1.50. The molecule has 0 bridgehead atoms. The first-order valence-electron chi connectivity index (χ1n) is 7.56. The number of carbonyl (C=O) groups is 1. The van der Waals surface area contributed by atoms with Crippen LogP contribution in [0.3, 0.4) is 0 Å². The summed E-state index contributed by atoms with van der Waals surface area (Å²) >= 11 is 1.80. The number of rotatable bonds is 4. The summed E-state index contributed by atoms with van der Waals surface area (Å²) < 4.78 is 5.44. The molecule has 2 aliphatic heterocycles. The normalized spacial score (nSPS) is 27.2. The summed E-state index contributed by atoms with van der Waals surface area (Å²) in [7, 11) is 1.90. The van der Waals surface area contributed by atoms with Crippen molar-refractivity contribution in [3.05, 3.63) is 22.4 Å². The number of hydrogen-bond acceptors (Lipinski definition) is 5. The van der Waals surface area contributed by atoms with E-state index in [2.05, 4.69) is 27.7 Å². The minimum atomic E-state index is -0.0150.